The molecule has 10 nitrogen and oxygen atoms in total. The Morgan fingerprint density at radius 3 is 2.36 bits per heavy atom. The Balaban J connectivity index is 1.90. The number of hydrogen-bond donors (Lipinski definition) is 2. The predicted octanol–water partition coefficient (Wildman–Crippen LogP) is 4.10. The van der Waals surface area contributed by atoms with Gasteiger partial charge in [-0.05, 0) is 55.0 Å². The maximum Gasteiger partial charge on any atom is 0.338 e. The number of non-ortho nitro benzene ring substituents is 1. The average molecular weight is 488 g/mol. The Bertz CT molecular complexity index is 1410. The molecule has 0 aliphatic carbocycles. The van der Waals surface area contributed by atoms with Gasteiger partial charge in [0.25, 0.3) is 17.4 Å². The molecule has 1 fully saturated rings. The van der Waals surface area contributed by atoms with Gasteiger partial charge in [0.2, 0.25) is 0 Å². The summed E-state index contributed by atoms with van der Waals surface area (Å²) in [5.74, 6) is -3.25. The average Bonchev–Trinajstić information content (AvgIpc) is 3.14. The summed E-state index contributed by atoms with van der Waals surface area (Å²) in [5.41, 5.74) is 0.261. The number of ketones is 1. The number of ether oxygens (including phenoxy) is 1. The van der Waals surface area contributed by atoms with Gasteiger partial charge in [0.15, 0.2) is 0 Å². The number of Topliss-reactive ketones (excluding diaryl/α,β-unsaturated/α-hetero) is 1. The Morgan fingerprint density at radius 1 is 1.03 bits per heavy atom. The third-order valence-electron chi connectivity index (χ3n) is 5.62. The van der Waals surface area contributed by atoms with Crippen LogP contribution in [0.25, 0.3) is 5.76 Å². The second-order valence-electron chi connectivity index (χ2n) is 7.84. The van der Waals surface area contributed by atoms with E-state index in [-0.39, 0.29) is 40.4 Å². The number of rotatable bonds is 6. The monoisotopic (exact) mass is 488 g/mol. The van der Waals surface area contributed by atoms with Gasteiger partial charge < -0.3 is 14.9 Å². The van der Waals surface area contributed by atoms with Crippen LogP contribution in [0, 0.1) is 10.1 Å². The fourth-order valence-corrected chi connectivity index (χ4v) is 4.00. The summed E-state index contributed by atoms with van der Waals surface area (Å²) >= 11 is 0. The van der Waals surface area contributed by atoms with Crippen molar-refractivity contribution >= 4 is 34.8 Å². The molecule has 1 aliphatic heterocycles. The number of nitro benzene ring substituents is 1. The fraction of sp³-hybridized carbons (Fsp3) is 0.115. The molecule has 1 atom stereocenters. The number of phenols is 1. The third kappa shape index (κ3) is 4.39. The number of aliphatic hydroxyl groups is 1. The van der Waals surface area contributed by atoms with E-state index in [1.165, 1.54) is 54.6 Å². The van der Waals surface area contributed by atoms with Crippen LogP contribution in [0.5, 0.6) is 5.75 Å². The van der Waals surface area contributed by atoms with E-state index in [4.69, 9.17) is 4.74 Å². The zero-order chi connectivity index (χ0) is 26.0. The minimum atomic E-state index is -1.16. The second-order valence-corrected chi connectivity index (χ2v) is 7.84. The van der Waals surface area contributed by atoms with Crippen molar-refractivity contribution in [3.05, 3.63) is 105 Å². The number of esters is 1. The van der Waals surface area contributed by atoms with Gasteiger partial charge in [-0.25, -0.2) is 4.79 Å². The van der Waals surface area contributed by atoms with Gasteiger partial charge in [-0.15, -0.1) is 0 Å². The number of aromatic hydroxyl groups is 1. The number of anilines is 1. The zero-order valence-electron chi connectivity index (χ0n) is 19.0. The maximum absolute atomic E-state index is 13.2. The molecule has 1 aliphatic rings. The summed E-state index contributed by atoms with van der Waals surface area (Å²) in [6.45, 7) is 1.80. The lowest BCUT2D eigenvalue weighted by Gasteiger charge is -2.26. The van der Waals surface area contributed by atoms with E-state index in [0.717, 1.165) is 17.0 Å². The van der Waals surface area contributed by atoms with Gasteiger partial charge in [0.05, 0.1) is 28.7 Å². The first-order valence-electron chi connectivity index (χ1n) is 10.8. The summed E-state index contributed by atoms with van der Waals surface area (Å²) in [6.07, 6.45) is 0. The highest BCUT2D eigenvalue weighted by molar-refractivity contribution is 6.51. The van der Waals surface area contributed by atoms with Gasteiger partial charge in [0.1, 0.15) is 11.5 Å². The number of hydrogen-bond acceptors (Lipinski definition) is 8. The standard InChI is InChI=1S/C26H20N2O8/c1-2-36-26(33)17-6-3-7-19(13-17)27-22(16-5-4-8-20(29)14-16)21(24(31)25(27)32)23(30)15-9-11-18(12-10-15)28(34)35/h3-14,22,29-30H,2H2,1H3/b23-21+. The van der Waals surface area contributed by atoms with E-state index in [2.05, 4.69) is 0 Å². The first kappa shape index (κ1) is 24.1. The minimum absolute atomic E-state index is 0.0871. The van der Waals surface area contributed by atoms with Crippen molar-refractivity contribution in [2.45, 2.75) is 13.0 Å². The van der Waals surface area contributed by atoms with Crippen molar-refractivity contribution in [3.8, 4) is 5.75 Å². The molecule has 0 saturated carbocycles. The van der Waals surface area contributed by atoms with Crippen molar-refractivity contribution in [2.75, 3.05) is 11.5 Å². The predicted molar refractivity (Wildman–Crippen MR) is 128 cm³/mol. The second kappa shape index (κ2) is 9.71. The Kier molecular flexibility index (Phi) is 6.51. The van der Waals surface area contributed by atoms with Crippen molar-refractivity contribution in [1.82, 2.24) is 0 Å². The highest BCUT2D eigenvalue weighted by Gasteiger charge is 2.47. The van der Waals surface area contributed by atoms with Crippen LogP contribution in [-0.4, -0.2) is 39.4 Å². The first-order chi connectivity index (χ1) is 17.2. The van der Waals surface area contributed by atoms with Crippen LogP contribution in [0.15, 0.2) is 78.4 Å². The van der Waals surface area contributed by atoms with Crippen LogP contribution in [0.4, 0.5) is 11.4 Å². The number of aliphatic hydroxyl groups excluding tert-OH is 1. The molecule has 0 spiro atoms. The highest BCUT2D eigenvalue weighted by Crippen LogP contribution is 2.43. The summed E-state index contributed by atoms with van der Waals surface area (Å²) < 4.78 is 5.02. The molecule has 1 unspecified atom stereocenters. The van der Waals surface area contributed by atoms with E-state index >= 15 is 0 Å². The Morgan fingerprint density at radius 2 is 1.72 bits per heavy atom. The SMILES string of the molecule is CCOC(=O)c1cccc(N2C(=O)C(=O)/C(=C(/O)c3ccc([N+](=O)[O-])cc3)C2c2cccc(O)c2)c1. The number of carbonyl (C=O) groups is 3. The molecule has 0 radical (unpaired) electrons. The van der Waals surface area contributed by atoms with E-state index in [1.807, 2.05) is 0 Å². The Hall–Kier alpha value is -4.99. The molecule has 3 aromatic carbocycles. The highest BCUT2D eigenvalue weighted by atomic mass is 16.6. The molecule has 0 aromatic heterocycles. The van der Waals surface area contributed by atoms with Gasteiger partial charge in [-0.3, -0.25) is 24.6 Å². The lowest BCUT2D eigenvalue weighted by atomic mass is 9.95. The number of phenolic OH excluding ortho intramolecular Hbond substituents is 1. The molecule has 10 heteroatoms. The van der Waals surface area contributed by atoms with Crippen LogP contribution in [0.3, 0.4) is 0 Å². The molecule has 3 aromatic rings. The van der Waals surface area contributed by atoms with Gasteiger partial charge >= 0.3 is 5.97 Å². The first-order valence-corrected chi connectivity index (χ1v) is 10.8. The molecular formula is C26H20N2O8. The van der Waals surface area contributed by atoms with E-state index in [9.17, 15) is 34.7 Å². The summed E-state index contributed by atoms with van der Waals surface area (Å²) in [4.78, 5) is 50.2. The van der Waals surface area contributed by atoms with E-state index in [1.54, 1.807) is 13.0 Å². The van der Waals surface area contributed by atoms with Crippen LogP contribution in [0.1, 0.15) is 34.5 Å². The Labute approximate surface area is 204 Å². The maximum atomic E-state index is 13.2. The molecule has 1 amide bonds. The summed E-state index contributed by atoms with van der Waals surface area (Å²) in [7, 11) is 0. The largest absolute Gasteiger partial charge is 0.508 e. The molecular weight excluding hydrogens is 468 g/mol. The smallest absolute Gasteiger partial charge is 0.338 e. The van der Waals surface area contributed by atoms with Gasteiger partial charge in [0, 0.05) is 23.4 Å². The molecule has 4 rings (SSSR count). The number of nitro groups is 1. The van der Waals surface area contributed by atoms with Crippen LogP contribution >= 0.6 is 0 Å². The van der Waals surface area contributed by atoms with E-state index < -0.39 is 34.4 Å². The lowest BCUT2D eigenvalue weighted by Crippen LogP contribution is -2.29. The fourth-order valence-electron chi connectivity index (χ4n) is 4.00. The van der Waals surface area contributed by atoms with Crippen molar-refractivity contribution in [1.29, 1.82) is 0 Å². The normalized spacial score (nSPS) is 16.7. The number of amides is 1. The van der Waals surface area contributed by atoms with Crippen molar-refractivity contribution < 1.29 is 34.3 Å². The van der Waals surface area contributed by atoms with Crippen LogP contribution < -0.4 is 4.90 Å². The third-order valence-corrected chi connectivity index (χ3v) is 5.62. The lowest BCUT2D eigenvalue weighted by molar-refractivity contribution is -0.384. The number of nitrogens with zero attached hydrogens (tertiary/aromatic N) is 2. The molecule has 1 heterocycles. The molecule has 1 saturated heterocycles. The molecule has 36 heavy (non-hydrogen) atoms. The number of benzene rings is 3. The van der Waals surface area contributed by atoms with Crippen LogP contribution in [-0.2, 0) is 14.3 Å². The summed E-state index contributed by atoms with van der Waals surface area (Å²) in [6, 6.07) is 15.5. The van der Waals surface area contributed by atoms with Crippen molar-refractivity contribution in [2.24, 2.45) is 0 Å². The minimum Gasteiger partial charge on any atom is -0.508 e. The quantitative estimate of drug-likeness (QED) is 0.132. The molecule has 0 bridgehead atoms. The molecule has 2 N–H and O–H groups in total. The van der Waals surface area contributed by atoms with Gasteiger partial charge in [-0.2, -0.15) is 0 Å². The van der Waals surface area contributed by atoms with Crippen molar-refractivity contribution in [3.63, 3.8) is 0 Å². The zero-order valence-corrected chi connectivity index (χ0v) is 19.0. The van der Waals surface area contributed by atoms with Crippen LogP contribution in [0.2, 0.25) is 0 Å². The topological polar surface area (TPSA) is 147 Å². The van der Waals surface area contributed by atoms with E-state index in [0.29, 0.717) is 5.56 Å². The molecule has 182 valence electrons. The number of carbonyl (C=O) groups excluding carboxylic acids is 3. The van der Waals surface area contributed by atoms with Gasteiger partial charge in [-0.1, -0.05) is 18.2 Å². The summed E-state index contributed by atoms with van der Waals surface area (Å²) in [5, 5.41) is 32.1.